The third kappa shape index (κ3) is 1.87. The monoisotopic (exact) mass is 260 g/mol. The number of fused-ring (bicyclic) bond motifs is 2. The summed E-state index contributed by atoms with van der Waals surface area (Å²) in [6, 6.07) is 23.7. The van der Waals surface area contributed by atoms with E-state index in [9.17, 15) is 0 Å². The van der Waals surface area contributed by atoms with Gasteiger partial charge in [0, 0.05) is 11.5 Å². The summed E-state index contributed by atoms with van der Waals surface area (Å²) in [4.78, 5) is 0. The van der Waals surface area contributed by atoms with Crippen molar-refractivity contribution >= 4 is 10.8 Å². The average molecular weight is 260 g/mol. The first-order chi connectivity index (χ1) is 9.92. The molecule has 1 heteroatoms. The van der Waals surface area contributed by atoms with Crippen molar-refractivity contribution in [3.8, 4) is 5.75 Å². The minimum absolute atomic E-state index is 0.449. The lowest BCUT2D eigenvalue weighted by Crippen LogP contribution is -2.14. The van der Waals surface area contributed by atoms with Gasteiger partial charge in [-0.3, -0.25) is 0 Å². The fraction of sp³-hybridized carbons (Fsp3) is 0.158. The van der Waals surface area contributed by atoms with Crippen LogP contribution in [0.2, 0.25) is 0 Å². The molecule has 4 rings (SSSR count). The van der Waals surface area contributed by atoms with Gasteiger partial charge in [0.2, 0.25) is 0 Å². The second-order valence-corrected chi connectivity index (χ2v) is 5.33. The Labute approximate surface area is 118 Å². The molecule has 1 atom stereocenters. The Hall–Kier alpha value is -2.28. The highest BCUT2D eigenvalue weighted by atomic mass is 16.5. The highest BCUT2D eigenvalue weighted by Crippen LogP contribution is 2.38. The molecule has 0 saturated carbocycles. The van der Waals surface area contributed by atoms with E-state index in [-0.39, 0.29) is 0 Å². The summed E-state index contributed by atoms with van der Waals surface area (Å²) in [6.07, 6.45) is 1.05. The molecular formula is C19H16O. The van der Waals surface area contributed by atoms with Gasteiger partial charge in [-0.1, -0.05) is 60.7 Å². The fourth-order valence-corrected chi connectivity index (χ4v) is 3.11. The molecule has 98 valence electrons. The van der Waals surface area contributed by atoms with Crippen molar-refractivity contribution in [1.82, 2.24) is 0 Å². The maximum absolute atomic E-state index is 5.76. The Morgan fingerprint density at radius 3 is 2.55 bits per heavy atom. The lowest BCUT2D eigenvalue weighted by atomic mass is 9.86. The molecule has 0 aromatic heterocycles. The number of hydrogen-bond donors (Lipinski definition) is 0. The molecule has 0 radical (unpaired) electrons. The van der Waals surface area contributed by atoms with Crippen LogP contribution in [0.15, 0.2) is 66.7 Å². The lowest BCUT2D eigenvalue weighted by Gasteiger charge is -2.26. The van der Waals surface area contributed by atoms with Crippen molar-refractivity contribution in [2.24, 2.45) is 0 Å². The van der Waals surface area contributed by atoms with Crippen molar-refractivity contribution in [1.29, 1.82) is 0 Å². The van der Waals surface area contributed by atoms with Crippen LogP contribution in [0.5, 0.6) is 5.75 Å². The molecule has 0 bridgehead atoms. The Balaban J connectivity index is 1.84. The first-order valence-corrected chi connectivity index (χ1v) is 7.12. The van der Waals surface area contributed by atoms with E-state index in [1.165, 1.54) is 21.9 Å². The van der Waals surface area contributed by atoms with Gasteiger partial charge in [0.05, 0.1) is 6.61 Å². The van der Waals surface area contributed by atoms with E-state index in [1.807, 2.05) is 6.07 Å². The predicted molar refractivity (Wildman–Crippen MR) is 82.3 cm³/mol. The molecule has 0 fully saturated rings. The highest BCUT2D eigenvalue weighted by molar-refractivity contribution is 5.83. The Bertz CT molecular complexity index is 760. The third-order valence-corrected chi connectivity index (χ3v) is 4.13. The standard InChI is InChI=1S/C19H16O/c1-2-6-15-13-16(10-9-14(15)5-1)17-11-12-20-19-8-4-3-7-18(17)19/h1-10,13,17H,11-12H2/t17-/m1/s1. The van der Waals surface area contributed by atoms with Crippen LogP contribution < -0.4 is 4.74 Å². The second-order valence-electron chi connectivity index (χ2n) is 5.33. The Morgan fingerprint density at radius 2 is 1.60 bits per heavy atom. The largest absolute Gasteiger partial charge is 0.493 e. The van der Waals surface area contributed by atoms with E-state index in [0.29, 0.717) is 5.92 Å². The molecule has 0 amide bonds. The summed E-state index contributed by atoms with van der Waals surface area (Å²) in [5, 5.41) is 2.62. The maximum Gasteiger partial charge on any atom is 0.123 e. The van der Waals surface area contributed by atoms with Crippen molar-refractivity contribution in [3.05, 3.63) is 77.9 Å². The van der Waals surface area contributed by atoms with Crippen LogP contribution in [0.4, 0.5) is 0 Å². The highest BCUT2D eigenvalue weighted by Gasteiger charge is 2.22. The van der Waals surface area contributed by atoms with E-state index < -0.39 is 0 Å². The van der Waals surface area contributed by atoms with Crippen molar-refractivity contribution < 1.29 is 4.74 Å². The summed E-state index contributed by atoms with van der Waals surface area (Å²) in [5.41, 5.74) is 2.70. The molecule has 1 nitrogen and oxygen atoms in total. The zero-order valence-corrected chi connectivity index (χ0v) is 11.3. The molecule has 1 aliphatic rings. The van der Waals surface area contributed by atoms with Crippen molar-refractivity contribution in [2.75, 3.05) is 6.61 Å². The number of benzene rings is 3. The first kappa shape index (κ1) is 11.5. The Kier molecular flexibility index (Phi) is 2.70. The van der Waals surface area contributed by atoms with Crippen LogP contribution in [0.1, 0.15) is 23.5 Å². The summed E-state index contributed by atoms with van der Waals surface area (Å²) in [5.74, 6) is 1.49. The summed E-state index contributed by atoms with van der Waals surface area (Å²) in [7, 11) is 0. The minimum Gasteiger partial charge on any atom is -0.493 e. The van der Waals surface area contributed by atoms with E-state index >= 15 is 0 Å². The van der Waals surface area contributed by atoms with Gasteiger partial charge < -0.3 is 4.74 Å². The smallest absolute Gasteiger partial charge is 0.123 e. The van der Waals surface area contributed by atoms with Crippen LogP contribution in [0.3, 0.4) is 0 Å². The van der Waals surface area contributed by atoms with E-state index in [2.05, 4.69) is 60.7 Å². The number of rotatable bonds is 1. The maximum atomic E-state index is 5.76. The fourth-order valence-electron chi connectivity index (χ4n) is 3.11. The quantitative estimate of drug-likeness (QED) is 0.613. The van der Waals surface area contributed by atoms with Gasteiger partial charge in [0.15, 0.2) is 0 Å². The topological polar surface area (TPSA) is 9.23 Å². The van der Waals surface area contributed by atoms with Gasteiger partial charge in [-0.15, -0.1) is 0 Å². The van der Waals surface area contributed by atoms with E-state index in [0.717, 1.165) is 18.8 Å². The van der Waals surface area contributed by atoms with Crippen LogP contribution in [0.25, 0.3) is 10.8 Å². The summed E-state index contributed by atoms with van der Waals surface area (Å²) in [6.45, 7) is 0.800. The van der Waals surface area contributed by atoms with Crippen molar-refractivity contribution in [2.45, 2.75) is 12.3 Å². The van der Waals surface area contributed by atoms with Gasteiger partial charge in [0.1, 0.15) is 5.75 Å². The number of hydrogen-bond acceptors (Lipinski definition) is 1. The molecule has 1 heterocycles. The van der Waals surface area contributed by atoms with Crippen LogP contribution in [0, 0.1) is 0 Å². The van der Waals surface area contributed by atoms with E-state index in [1.54, 1.807) is 0 Å². The average Bonchev–Trinajstić information content (AvgIpc) is 2.54. The summed E-state index contributed by atoms with van der Waals surface area (Å²) >= 11 is 0. The van der Waals surface area contributed by atoms with Crippen LogP contribution in [-0.2, 0) is 0 Å². The van der Waals surface area contributed by atoms with Crippen LogP contribution in [-0.4, -0.2) is 6.61 Å². The molecule has 1 aliphatic heterocycles. The van der Waals surface area contributed by atoms with Gasteiger partial charge in [-0.2, -0.15) is 0 Å². The molecule has 0 aliphatic carbocycles. The molecule has 0 saturated heterocycles. The third-order valence-electron chi connectivity index (χ3n) is 4.13. The molecule has 3 aromatic carbocycles. The number of para-hydroxylation sites is 1. The molecule has 0 spiro atoms. The normalized spacial score (nSPS) is 17.5. The van der Waals surface area contributed by atoms with Gasteiger partial charge in [-0.05, 0) is 28.8 Å². The summed E-state index contributed by atoms with van der Waals surface area (Å²) < 4.78 is 5.76. The van der Waals surface area contributed by atoms with Gasteiger partial charge >= 0.3 is 0 Å². The molecule has 0 N–H and O–H groups in total. The first-order valence-electron chi connectivity index (χ1n) is 7.12. The van der Waals surface area contributed by atoms with Crippen LogP contribution >= 0.6 is 0 Å². The zero-order chi connectivity index (χ0) is 13.4. The van der Waals surface area contributed by atoms with Gasteiger partial charge in [-0.25, -0.2) is 0 Å². The Morgan fingerprint density at radius 1 is 0.800 bits per heavy atom. The minimum atomic E-state index is 0.449. The molecular weight excluding hydrogens is 244 g/mol. The second kappa shape index (κ2) is 4.68. The number of ether oxygens (including phenoxy) is 1. The SMILES string of the molecule is c1ccc2c(c1)OCC[C@@H]2c1ccc2ccccc2c1. The molecule has 20 heavy (non-hydrogen) atoms. The van der Waals surface area contributed by atoms with E-state index in [4.69, 9.17) is 4.74 Å². The van der Waals surface area contributed by atoms with Gasteiger partial charge in [0.25, 0.3) is 0 Å². The molecule has 0 unspecified atom stereocenters. The predicted octanol–water partition coefficient (Wildman–Crippen LogP) is 4.75. The van der Waals surface area contributed by atoms with Crippen molar-refractivity contribution in [3.63, 3.8) is 0 Å². The lowest BCUT2D eigenvalue weighted by molar-refractivity contribution is 0.277. The molecule has 3 aromatic rings. The zero-order valence-electron chi connectivity index (χ0n) is 11.3.